The Morgan fingerprint density at radius 1 is 1.28 bits per heavy atom. The maximum atomic E-state index is 12.2. The second-order valence-corrected chi connectivity index (χ2v) is 8.15. The summed E-state index contributed by atoms with van der Waals surface area (Å²) in [6.45, 7) is 7.17. The van der Waals surface area contributed by atoms with Crippen LogP contribution in [0.15, 0.2) is 41.6 Å². The summed E-state index contributed by atoms with van der Waals surface area (Å²) >= 11 is 0. The van der Waals surface area contributed by atoms with Crippen molar-refractivity contribution in [2.24, 2.45) is 0 Å². The third kappa shape index (κ3) is 5.38. The lowest BCUT2D eigenvalue weighted by Crippen LogP contribution is -2.37. The van der Waals surface area contributed by atoms with Gasteiger partial charge in [0, 0.05) is 18.3 Å². The standard InChI is InChI=1S/C16H22N4O4S/c1-12-7-5-6-8-14(12)25(22,23)19-17-9-13-10-18-20(11-13)15(21)24-16(2,3)4/h5-8,10-11,17,19H,9H2,1-4H3. The molecule has 136 valence electrons. The Hall–Kier alpha value is -2.23. The molecule has 2 rings (SSSR count). The molecule has 9 heteroatoms. The molecule has 1 aromatic carbocycles. The molecule has 25 heavy (non-hydrogen) atoms. The summed E-state index contributed by atoms with van der Waals surface area (Å²) in [5.74, 6) is 0. The molecule has 0 saturated heterocycles. The lowest BCUT2D eigenvalue weighted by molar-refractivity contribution is 0.0514. The van der Waals surface area contributed by atoms with E-state index in [1.807, 2.05) is 0 Å². The molecule has 0 atom stereocenters. The first-order chi connectivity index (χ1) is 11.6. The molecule has 0 bridgehead atoms. The number of sulfonamides is 1. The van der Waals surface area contributed by atoms with Crippen molar-refractivity contribution < 1.29 is 17.9 Å². The minimum absolute atomic E-state index is 0.161. The summed E-state index contributed by atoms with van der Waals surface area (Å²) in [6.07, 6.45) is 2.33. The minimum Gasteiger partial charge on any atom is -0.442 e. The molecule has 0 amide bonds. The van der Waals surface area contributed by atoms with Gasteiger partial charge >= 0.3 is 6.09 Å². The predicted octanol–water partition coefficient (Wildman–Crippen LogP) is 1.96. The van der Waals surface area contributed by atoms with Crippen LogP contribution in [0.4, 0.5) is 4.79 Å². The van der Waals surface area contributed by atoms with E-state index in [-0.39, 0.29) is 11.4 Å². The minimum atomic E-state index is -3.67. The molecule has 2 N–H and O–H groups in total. The molecule has 0 fully saturated rings. The molecule has 1 aromatic heterocycles. The summed E-state index contributed by atoms with van der Waals surface area (Å²) in [7, 11) is -3.67. The molecule has 0 spiro atoms. The predicted molar refractivity (Wildman–Crippen MR) is 92.2 cm³/mol. The Labute approximate surface area is 147 Å². The quantitative estimate of drug-likeness (QED) is 0.784. The monoisotopic (exact) mass is 366 g/mol. The molecule has 1 heterocycles. The zero-order valence-electron chi connectivity index (χ0n) is 14.6. The molecule has 0 saturated carbocycles. The van der Waals surface area contributed by atoms with Crippen LogP contribution in [0, 0.1) is 6.92 Å². The van der Waals surface area contributed by atoms with Crippen molar-refractivity contribution in [3.05, 3.63) is 47.8 Å². The average Bonchev–Trinajstić information content (AvgIpc) is 2.94. The van der Waals surface area contributed by atoms with E-state index in [2.05, 4.69) is 15.4 Å². The number of ether oxygens (including phenoxy) is 1. The Balaban J connectivity index is 1.95. The Bertz CT molecular complexity index is 853. The number of benzene rings is 1. The average molecular weight is 366 g/mol. The summed E-state index contributed by atoms with van der Waals surface area (Å²) in [4.78, 5) is 14.4. The van der Waals surface area contributed by atoms with Gasteiger partial charge in [0.05, 0.1) is 11.1 Å². The first kappa shape index (κ1) is 19.1. The van der Waals surface area contributed by atoms with Crippen LogP contribution in [-0.2, 0) is 21.3 Å². The van der Waals surface area contributed by atoms with E-state index >= 15 is 0 Å². The molecular formula is C16H22N4O4S. The van der Waals surface area contributed by atoms with E-state index < -0.39 is 21.7 Å². The van der Waals surface area contributed by atoms with Crippen LogP contribution in [0.5, 0.6) is 0 Å². The van der Waals surface area contributed by atoms with E-state index in [0.29, 0.717) is 11.1 Å². The second kappa shape index (κ2) is 7.34. The second-order valence-electron chi connectivity index (χ2n) is 6.50. The number of rotatable bonds is 5. The Morgan fingerprint density at radius 2 is 1.96 bits per heavy atom. The Morgan fingerprint density at radius 3 is 2.60 bits per heavy atom. The number of hydrogen-bond donors (Lipinski definition) is 2. The van der Waals surface area contributed by atoms with Crippen LogP contribution in [0.3, 0.4) is 0 Å². The maximum absolute atomic E-state index is 12.2. The van der Waals surface area contributed by atoms with Gasteiger partial charge in [-0.2, -0.15) is 9.78 Å². The van der Waals surface area contributed by atoms with E-state index in [0.717, 1.165) is 4.68 Å². The van der Waals surface area contributed by atoms with Gasteiger partial charge < -0.3 is 4.74 Å². The fraction of sp³-hybridized carbons (Fsp3) is 0.375. The van der Waals surface area contributed by atoms with Gasteiger partial charge in [-0.05, 0) is 39.3 Å². The first-order valence-corrected chi connectivity index (χ1v) is 9.14. The van der Waals surface area contributed by atoms with E-state index in [1.165, 1.54) is 18.5 Å². The first-order valence-electron chi connectivity index (χ1n) is 7.66. The van der Waals surface area contributed by atoms with Gasteiger partial charge in [0.15, 0.2) is 0 Å². The van der Waals surface area contributed by atoms with Crippen LogP contribution >= 0.6 is 0 Å². The maximum Gasteiger partial charge on any atom is 0.435 e. The van der Waals surface area contributed by atoms with Crippen LogP contribution in [0.2, 0.25) is 0 Å². The topological polar surface area (TPSA) is 102 Å². The normalized spacial score (nSPS) is 12.2. The smallest absolute Gasteiger partial charge is 0.435 e. The number of nitrogens with one attached hydrogen (secondary N) is 2. The zero-order valence-corrected chi connectivity index (χ0v) is 15.4. The summed E-state index contributed by atoms with van der Waals surface area (Å²) < 4.78 is 30.8. The summed E-state index contributed by atoms with van der Waals surface area (Å²) in [5, 5.41) is 3.91. The third-order valence-corrected chi connectivity index (χ3v) is 4.55. The summed E-state index contributed by atoms with van der Waals surface area (Å²) in [6, 6.07) is 6.68. The highest BCUT2D eigenvalue weighted by atomic mass is 32.2. The van der Waals surface area contributed by atoms with Gasteiger partial charge in [-0.1, -0.05) is 18.2 Å². The number of hydrogen-bond acceptors (Lipinski definition) is 6. The number of carbonyl (C=O) groups excluding carboxylic acids is 1. The molecule has 0 radical (unpaired) electrons. The highest BCUT2D eigenvalue weighted by Crippen LogP contribution is 2.13. The van der Waals surface area contributed by atoms with Gasteiger partial charge in [0.2, 0.25) is 0 Å². The van der Waals surface area contributed by atoms with Gasteiger partial charge in [-0.25, -0.2) is 18.6 Å². The lowest BCUT2D eigenvalue weighted by Gasteiger charge is -2.18. The third-order valence-electron chi connectivity index (χ3n) is 3.10. The van der Waals surface area contributed by atoms with Crippen molar-refractivity contribution in [1.82, 2.24) is 20.0 Å². The number of nitrogens with zero attached hydrogens (tertiary/aromatic N) is 2. The van der Waals surface area contributed by atoms with Crippen LogP contribution in [0.25, 0.3) is 0 Å². The van der Waals surface area contributed by atoms with Crippen molar-refractivity contribution >= 4 is 16.1 Å². The van der Waals surface area contributed by atoms with Gasteiger partial charge in [-0.3, -0.25) is 0 Å². The highest BCUT2D eigenvalue weighted by Gasteiger charge is 2.19. The summed E-state index contributed by atoms with van der Waals surface area (Å²) in [5.41, 5.74) is 3.28. The molecule has 0 aliphatic heterocycles. The number of aryl methyl sites for hydroxylation is 1. The lowest BCUT2D eigenvalue weighted by atomic mass is 10.2. The molecule has 0 aliphatic carbocycles. The SMILES string of the molecule is Cc1ccccc1S(=O)(=O)NNCc1cnn(C(=O)OC(C)(C)C)c1. The Kier molecular flexibility index (Phi) is 5.61. The highest BCUT2D eigenvalue weighted by molar-refractivity contribution is 7.89. The van der Waals surface area contributed by atoms with Crippen LogP contribution in [-0.4, -0.2) is 29.9 Å². The molecule has 8 nitrogen and oxygen atoms in total. The van der Waals surface area contributed by atoms with Crippen molar-refractivity contribution in [3.63, 3.8) is 0 Å². The molecule has 0 aliphatic rings. The van der Waals surface area contributed by atoms with Crippen molar-refractivity contribution in [1.29, 1.82) is 0 Å². The number of hydrazine groups is 1. The van der Waals surface area contributed by atoms with Gasteiger partial charge in [0.25, 0.3) is 10.0 Å². The largest absolute Gasteiger partial charge is 0.442 e. The van der Waals surface area contributed by atoms with Gasteiger partial charge in [-0.15, -0.1) is 4.83 Å². The molecule has 2 aromatic rings. The van der Waals surface area contributed by atoms with E-state index in [4.69, 9.17) is 4.74 Å². The van der Waals surface area contributed by atoms with Crippen LogP contribution < -0.4 is 10.3 Å². The van der Waals surface area contributed by atoms with Crippen LogP contribution in [0.1, 0.15) is 31.9 Å². The molecule has 0 unspecified atom stereocenters. The molecular weight excluding hydrogens is 344 g/mol. The fourth-order valence-corrected chi connectivity index (χ4v) is 3.13. The number of carbonyl (C=O) groups is 1. The van der Waals surface area contributed by atoms with E-state index in [1.54, 1.807) is 45.9 Å². The van der Waals surface area contributed by atoms with Crippen molar-refractivity contribution in [2.75, 3.05) is 0 Å². The van der Waals surface area contributed by atoms with Gasteiger partial charge in [0.1, 0.15) is 5.60 Å². The van der Waals surface area contributed by atoms with Crippen molar-refractivity contribution in [2.45, 2.75) is 44.7 Å². The van der Waals surface area contributed by atoms with Crippen molar-refractivity contribution in [3.8, 4) is 0 Å². The fourth-order valence-electron chi connectivity index (χ4n) is 2.01. The zero-order chi connectivity index (χ0) is 18.7. The number of aromatic nitrogens is 2. The van der Waals surface area contributed by atoms with E-state index in [9.17, 15) is 13.2 Å².